The second-order valence-electron chi connectivity index (χ2n) is 3.48. The van der Waals surface area contributed by atoms with E-state index >= 15 is 0 Å². The molecule has 0 amide bonds. The lowest BCUT2D eigenvalue weighted by atomic mass is 10.4. The molecule has 1 fully saturated rings. The van der Waals surface area contributed by atoms with E-state index in [0.29, 0.717) is 11.0 Å². The third kappa shape index (κ3) is 2.52. The van der Waals surface area contributed by atoms with Crippen molar-refractivity contribution in [2.45, 2.75) is 29.4 Å². The van der Waals surface area contributed by atoms with Crippen LogP contribution in [0.1, 0.15) is 19.3 Å². The van der Waals surface area contributed by atoms with Crippen molar-refractivity contribution in [2.75, 3.05) is 0 Å². The SMILES string of the molecule is O=C1CC[C@@H](Sc2ccc(Cl)cc2)C1. The van der Waals surface area contributed by atoms with Crippen LogP contribution in [-0.2, 0) is 4.79 Å². The normalized spacial score (nSPS) is 21.5. The summed E-state index contributed by atoms with van der Waals surface area (Å²) in [4.78, 5) is 12.3. The van der Waals surface area contributed by atoms with Crippen LogP contribution in [0.3, 0.4) is 0 Å². The number of hydrogen-bond donors (Lipinski definition) is 0. The monoisotopic (exact) mass is 226 g/mol. The molecule has 14 heavy (non-hydrogen) atoms. The third-order valence-corrected chi connectivity index (χ3v) is 3.85. The summed E-state index contributed by atoms with van der Waals surface area (Å²) in [7, 11) is 0. The third-order valence-electron chi connectivity index (χ3n) is 2.32. The molecule has 0 unspecified atom stereocenters. The molecule has 0 spiro atoms. The molecule has 3 heteroatoms. The van der Waals surface area contributed by atoms with Crippen LogP contribution in [0, 0.1) is 0 Å². The van der Waals surface area contributed by atoms with Crippen molar-refractivity contribution in [3.63, 3.8) is 0 Å². The number of hydrogen-bond acceptors (Lipinski definition) is 2. The molecule has 0 radical (unpaired) electrons. The van der Waals surface area contributed by atoms with Crippen LogP contribution in [-0.4, -0.2) is 11.0 Å². The predicted octanol–water partition coefficient (Wildman–Crippen LogP) is 3.55. The first-order chi connectivity index (χ1) is 6.74. The maximum absolute atomic E-state index is 11.1. The molecule has 1 saturated carbocycles. The smallest absolute Gasteiger partial charge is 0.134 e. The topological polar surface area (TPSA) is 17.1 Å². The molecule has 0 aliphatic heterocycles. The Labute approximate surface area is 92.8 Å². The number of carbonyl (C=O) groups is 1. The molecule has 1 aromatic rings. The molecule has 74 valence electrons. The Bertz CT molecular complexity index is 334. The Balaban J connectivity index is 1.97. The number of benzene rings is 1. The van der Waals surface area contributed by atoms with Crippen LogP contribution < -0.4 is 0 Å². The van der Waals surface area contributed by atoms with Gasteiger partial charge in [-0.3, -0.25) is 4.79 Å². The molecule has 0 N–H and O–H groups in total. The Morgan fingerprint density at radius 1 is 1.29 bits per heavy atom. The number of thioether (sulfide) groups is 1. The Morgan fingerprint density at radius 2 is 2.00 bits per heavy atom. The van der Waals surface area contributed by atoms with Crippen molar-refractivity contribution in [1.82, 2.24) is 0 Å². The second kappa shape index (κ2) is 4.37. The Kier molecular flexibility index (Phi) is 3.14. The van der Waals surface area contributed by atoms with Crippen molar-refractivity contribution < 1.29 is 4.79 Å². The molecular weight excluding hydrogens is 216 g/mol. The lowest BCUT2D eigenvalue weighted by Gasteiger charge is -2.07. The molecule has 0 bridgehead atoms. The minimum absolute atomic E-state index is 0.400. The summed E-state index contributed by atoms with van der Waals surface area (Å²) in [6.45, 7) is 0. The quantitative estimate of drug-likeness (QED) is 0.767. The van der Waals surface area contributed by atoms with Gasteiger partial charge in [0.25, 0.3) is 0 Å². The summed E-state index contributed by atoms with van der Waals surface area (Å²) < 4.78 is 0. The average Bonchev–Trinajstić information content (AvgIpc) is 2.56. The molecule has 1 aromatic carbocycles. The molecule has 0 saturated heterocycles. The van der Waals surface area contributed by atoms with Gasteiger partial charge in [-0.25, -0.2) is 0 Å². The fourth-order valence-corrected chi connectivity index (χ4v) is 2.90. The van der Waals surface area contributed by atoms with Crippen molar-refractivity contribution in [3.05, 3.63) is 29.3 Å². The highest BCUT2D eigenvalue weighted by atomic mass is 35.5. The largest absolute Gasteiger partial charge is 0.300 e. The standard InChI is InChI=1S/C11H11ClOS/c12-8-1-4-10(5-2-8)14-11-6-3-9(13)7-11/h1-2,4-5,11H,3,6-7H2/t11-/m1/s1. The maximum atomic E-state index is 11.1. The molecule has 0 heterocycles. The number of halogens is 1. The first-order valence-electron chi connectivity index (χ1n) is 4.68. The van der Waals surface area contributed by atoms with Gasteiger partial charge in [0.1, 0.15) is 5.78 Å². The lowest BCUT2D eigenvalue weighted by molar-refractivity contribution is -0.117. The van der Waals surface area contributed by atoms with Crippen molar-refractivity contribution >= 4 is 29.1 Å². The predicted molar refractivity (Wildman–Crippen MR) is 60.0 cm³/mol. The molecule has 1 atom stereocenters. The summed E-state index contributed by atoms with van der Waals surface area (Å²) >= 11 is 7.57. The second-order valence-corrected chi connectivity index (χ2v) is 5.29. The Morgan fingerprint density at radius 3 is 2.57 bits per heavy atom. The van der Waals surface area contributed by atoms with Crippen molar-refractivity contribution in [3.8, 4) is 0 Å². The van der Waals surface area contributed by atoms with Gasteiger partial charge in [0.2, 0.25) is 0 Å². The van der Waals surface area contributed by atoms with Gasteiger partial charge < -0.3 is 0 Å². The molecular formula is C11H11ClOS. The van der Waals surface area contributed by atoms with E-state index in [-0.39, 0.29) is 0 Å². The zero-order valence-electron chi connectivity index (χ0n) is 7.70. The van der Waals surface area contributed by atoms with E-state index in [1.54, 1.807) is 11.8 Å². The van der Waals surface area contributed by atoms with E-state index in [1.165, 1.54) is 4.90 Å². The van der Waals surface area contributed by atoms with Crippen LogP contribution in [0.2, 0.25) is 5.02 Å². The molecule has 0 aromatic heterocycles. The first kappa shape index (κ1) is 10.1. The van der Waals surface area contributed by atoms with E-state index < -0.39 is 0 Å². The minimum Gasteiger partial charge on any atom is -0.300 e. The van der Waals surface area contributed by atoms with Crippen molar-refractivity contribution in [2.24, 2.45) is 0 Å². The zero-order valence-corrected chi connectivity index (χ0v) is 9.27. The van der Waals surface area contributed by atoms with Gasteiger partial charge >= 0.3 is 0 Å². The zero-order chi connectivity index (χ0) is 9.97. The number of Topliss-reactive ketones (excluding diaryl/α,β-unsaturated/α-hetero) is 1. The van der Waals surface area contributed by atoms with Crippen molar-refractivity contribution in [1.29, 1.82) is 0 Å². The summed E-state index contributed by atoms with van der Waals surface area (Å²) in [5, 5.41) is 1.24. The van der Waals surface area contributed by atoms with Gasteiger partial charge in [-0.05, 0) is 30.7 Å². The van der Waals surface area contributed by atoms with E-state index in [4.69, 9.17) is 11.6 Å². The number of rotatable bonds is 2. The number of carbonyl (C=O) groups excluding carboxylic acids is 1. The highest BCUT2D eigenvalue weighted by Crippen LogP contribution is 2.33. The lowest BCUT2D eigenvalue weighted by Crippen LogP contribution is -1.95. The van der Waals surface area contributed by atoms with Crippen LogP contribution >= 0.6 is 23.4 Å². The van der Waals surface area contributed by atoms with Crippen LogP contribution in [0.4, 0.5) is 0 Å². The average molecular weight is 227 g/mol. The van der Waals surface area contributed by atoms with Gasteiger partial charge in [-0.2, -0.15) is 0 Å². The van der Waals surface area contributed by atoms with Crippen LogP contribution in [0.25, 0.3) is 0 Å². The summed E-state index contributed by atoms with van der Waals surface area (Å²) in [5.74, 6) is 0.400. The molecule has 1 aliphatic carbocycles. The maximum Gasteiger partial charge on any atom is 0.134 e. The molecule has 1 aliphatic rings. The number of ketones is 1. The van der Waals surface area contributed by atoms with E-state index in [9.17, 15) is 4.79 Å². The fourth-order valence-electron chi connectivity index (χ4n) is 1.59. The van der Waals surface area contributed by atoms with Gasteiger partial charge in [-0.15, -0.1) is 11.8 Å². The molecule has 2 rings (SSSR count). The Hall–Kier alpha value is -0.470. The van der Waals surface area contributed by atoms with E-state index in [0.717, 1.165) is 24.3 Å². The fraction of sp³-hybridized carbons (Fsp3) is 0.364. The highest BCUT2D eigenvalue weighted by Gasteiger charge is 2.22. The van der Waals surface area contributed by atoms with E-state index in [1.807, 2.05) is 24.3 Å². The van der Waals surface area contributed by atoms with Gasteiger partial charge in [0.05, 0.1) is 0 Å². The van der Waals surface area contributed by atoms with Gasteiger partial charge in [-0.1, -0.05) is 11.6 Å². The van der Waals surface area contributed by atoms with E-state index in [2.05, 4.69) is 0 Å². The summed E-state index contributed by atoms with van der Waals surface area (Å²) in [6, 6.07) is 7.80. The van der Waals surface area contributed by atoms with Gasteiger partial charge in [0.15, 0.2) is 0 Å². The summed E-state index contributed by atoms with van der Waals surface area (Å²) in [6.07, 6.45) is 2.50. The summed E-state index contributed by atoms with van der Waals surface area (Å²) in [5.41, 5.74) is 0. The first-order valence-corrected chi connectivity index (χ1v) is 5.94. The van der Waals surface area contributed by atoms with Crippen LogP contribution in [0.15, 0.2) is 29.2 Å². The molecule has 1 nitrogen and oxygen atoms in total. The highest BCUT2D eigenvalue weighted by molar-refractivity contribution is 8.00. The van der Waals surface area contributed by atoms with Crippen LogP contribution in [0.5, 0.6) is 0 Å². The van der Waals surface area contributed by atoms with Gasteiger partial charge in [0, 0.05) is 28.0 Å². The minimum atomic E-state index is 0.400.